The van der Waals surface area contributed by atoms with Gasteiger partial charge in [0.05, 0.1) is 25.3 Å². The Hall–Kier alpha value is -2.54. The molecule has 7 heteroatoms. The number of morpholine rings is 1. The third kappa shape index (κ3) is 6.50. The van der Waals surface area contributed by atoms with Crippen LogP contribution in [0.2, 0.25) is 5.02 Å². The lowest BCUT2D eigenvalue weighted by Gasteiger charge is -2.26. The van der Waals surface area contributed by atoms with Crippen LogP contribution in [0.25, 0.3) is 17.1 Å². The number of ketones is 1. The van der Waals surface area contributed by atoms with Crippen LogP contribution in [0.4, 0.5) is 0 Å². The van der Waals surface area contributed by atoms with Gasteiger partial charge < -0.3 is 4.74 Å². The Kier molecular flexibility index (Phi) is 7.91. The van der Waals surface area contributed by atoms with Crippen LogP contribution < -0.4 is 0 Å². The highest BCUT2D eigenvalue weighted by atomic mass is 35.5. The predicted octanol–water partition coefficient (Wildman–Crippen LogP) is 4.62. The summed E-state index contributed by atoms with van der Waals surface area (Å²) in [6.45, 7) is 8.77. The maximum absolute atomic E-state index is 12.5. The van der Waals surface area contributed by atoms with Gasteiger partial charge in [-0.1, -0.05) is 55.8 Å². The number of aromatic nitrogens is 3. The summed E-state index contributed by atoms with van der Waals surface area (Å²) in [5, 5.41) is 5.36. The summed E-state index contributed by atoms with van der Waals surface area (Å²) < 4.78 is 7.17. The molecule has 6 nitrogen and oxygen atoms in total. The van der Waals surface area contributed by atoms with Gasteiger partial charge in [0.15, 0.2) is 5.82 Å². The molecule has 4 rings (SSSR count). The fourth-order valence-corrected chi connectivity index (χ4v) is 4.22. The molecule has 0 spiro atoms. The van der Waals surface area contributed by atoms with E-state index in [-0.39, 0.29) is 12.2 Å². The number of carbonyl (C=O) groups excluding carboxylic acids is 1. The van der Waals surface area contributed by atoms with Gasteiger partial charge in [0.25, 0.3) is 0 Å². The van der Waals surface area contributed by atoms with Crippen molar-refractivity contribution < 1.29 is 9.53 Å². The minimum absolute atomic E-state index is 0.158. The van der Waals surface area contributed by atoms with Crippen molar-refractivity contribution in [2.24, 2.45) is 5.92 Å². The zero-order valence-corrected chi connectivity index (χ0v) is 20.1. The van der Waals surface area contributed by atoms with Crippen LogP contribution in [0.3, 0.4) is 0 Å². The second-order valence-electron chi connectivity index (χ2n) is 8.96. The maximum atomic E-state index is 12.5. The van der Waals surface area contributed by atoms with Gasteiger partial charge in [-0.25, -0.2) is 9.67 Å². The summed E-state index contributed by atoms with van der Waals surface area (Å²) in [5.41, 5.74) is 3.02. The molecule has 3 aromatic rings. The van der Waals surface area contributed by atoms with E-state index in [4.69, 9.17) is 26.4 Å². The molecule has 2 aromatic carbocycles. The van der Waals surface area contributed by atoms with E-state index in [9.17, 15) is 4.79 Å². The minimum atomic E-state index is 0.158. The van der Waals surface area contributed by atoms with E-state index < -0.39 is 0 Å². The molecule has 0 saturated carbocycles. The van der Waals surface area contributed by atoms with E-state index >= 15 is 0 Å². The first-order chi connectivity index (χ1) is 16.0. The van der Waals surface area contributed by atoms with E-state index in [1.165, 1.54) is 5.56 Å². The summed E-state index contributed by atoms with van der Waals surface area (Å²) in [7, 11) is 0. The first-order valence-electron chi connectivity index (χ1n) is 11.6. The van der Waals surface area contributed by atoms with E-state index in [0.29, 0.717) is 29.0 Å². The molecule has 0 bridgehead atoms. The second kappa shape index (κ2) is 11.1. The van der Waals surface area contributed by atoms with Gasteiger partial charge in [-0.3, -0.25) is 9.69 Å². The number of ether oxygens (including phenoxy) is 1. The number of hydrogen-bond donors (Lipinski definition) is 0. The van der Waals surface area contributed by atoms with Crippen LogP contribution >= 0.6 is 11.6 Å². The molecule has 1 fully saturated rings. The molecule has 33 heavy (non-hydrogen) atoms. The Morgan fingerprint density at radius 2 is 1.88 bits per heavy atom. The quantitative estimate of drug-likeness (QED) is 0.460. The Labute approximate surface area is 200 Å². The monoisotopic (exact) mass is 466 g/mol. The highest BCUT2D eigenvalue weighted by molar-refractivity contribution is 6.30. The van der Waals surface area contributed by atoms with Crippen molar-refractivity contribution in [2.45, 2.75) is 33.1 Å². The fourth-order valence-electron chi connectivity index (χ4n) is 4.03. The van der Waals surface area contributed by atoms with Crippen LogP contribution in [-0.2, 0) is 22.4 Å². The second-order valence-corrected chi connectivity index (χ2v) is 9.39. The molecule has 1 saturated heterocycles. The minimum Gasteiger partial charge on any atom is -0.379 e. The predicted molar refractivity (Wildman–Crippen MR) is 131 cm³/mol. The highest BCUT2D eigenvalue weighted by Crippen LogP contribution is 2.22. The van der Waals surface area contributed by atoms with Crippen molar-refractivity contribution in [3.63, 3.8) is 0 Å². The molecule has 0 atom stereocenters. The molecule has 0 radical (unpaired) electrons. The van der Waals surface area contributed by atoms with Crippen molar-refractivity contribution in [1.29, 1.82) is 0 Å². The van der Waals surface area contributed by atoms with Crippen molar-refractivity contribution >= 4 is 17.4 Å². The van der Waals surface area contributed by atoms with Crippen molar-refractivity contribution in [3.8, 4) is 17.1 Å². The molecule has 0 N–H and O–H groups in total. The van der Waals surface area contributed by atoms with Crippen LogP contribution in [0.15, 0.2) is 48.5 Å². The Morgan fingerprint density at radius 1 is 1.12 bits per heavy atom. The van der Waals surface area contributed by atoms with Crippen LogP contribution in [-0.4, -0.2) is 58.3 Å². The first-order valence-corrected chi connectivity index (χ1v) is 12.0. The zero-order valence-electron chi connectivity index (χ0n) is 19.3. The van der Waals surface area contributed by atoms with Crippen LogP contribution in [0.5, 0.6) is 0 Å². The molecular weight excluding hydrogens is 436 g/mol. The van der Waals surface area contributed by atoms with Gasteiger partial charge in [-0.05, 0) is 36.1 Å². The van der Waals surface area contributed by atoms with Gasteiger partial charge in [-0.2, -0.15) is 0 Å². The average molecular weight is 467 g/mol. The van der Waals surface area contributed by atoms with Gasteiger partial charge >= 0.3 is 0 Å². The van der Waals surface area contributed by atoms with Gasteiger partial charge in [-0.15, -0.1) is 5.10 Å². The molecule has 174 valence electrons. The highest BCUT2D eigenvalue weighted by Gasteiger charge is 2.17. The number of hydrogen-bond acceptors (Lipinski definition) is 5. The zero-order chi connectivity index (χ0) is 23.2. The number of rotatable bonds is 9. The fraction of sp³-hybridized carbons (Fsp3) is 0.423. The number of halogens is 1. The summed E-state index contributed by atoms with van der Waals surface area (Å²) in [6, 6.07) is 15.9. The molecule has 1 aliphatic heterocycles. The number of benzene rings is 2. The van der Waals surface area contributed by atoms with Crippen LogP contribution in [0.1, 0.15) is 31.7 Å². The molecule has 0 aliphatic carbocycles. The van der Waals surface area contributed by atoms with Crippen LogP contribution in [0, 0.1) is 5.92 Å². The largest absolute Gasteiger partial charge is 0.379 e. The summed E-state index contributed by atoms with van der Waals surface area (Å²) in [4.78, 5) is 19.7. The SMILES string of the molecule is CC(C)CC(=O)Cc1nc(-c2ccc(CCN3CCOCC3)cc2)nn1-c1cccc(Cl)c1. The average Bonchev–Trinajstić information content (AvgIpc) is 3.22. The lowest BCUT2D eigenvalue weighted by molar-refractivity contribution is -0.119. The lowest BCUT2D eigenvalue weighted by Crippen LogP contribution is -2.37. The van der Waals surface area contributed by atoms with E-state index in [1.807, 2.05) is 38.1 Å². The maximum Gasteiger partial charge on any atom is 0.181 e. The van der Waals surface area contributed by atoms with E-state index in [1.54, 1.807) is 4.68 Å². The number of Topliss-reactive ketones (excluding diaryl/α,β-unsaturated/α-hetero) is 1. The summed E-state index contributed by atoms with van der Waals surface area (Å²) in [6.07, 6.45) is 1.77. The van der Waals surface area contributed by atoms with Crippen molar-refractivity contribution in [1.82, 2.24) is 19.7 Å². The molecule has 0 unspecified atom stereocenters. The molecule has 2 heterocycles. The van der Waals surface area contributed by atoms with E-state index in [2.05, 4.69) is 29.2 Å². The topological polar surface area (TPSA) is 60.3 Å². The van der Waals surface area contributed by atoms with Crippen molar-refractivity contribution in [2.75, 3.05) is 32.8 Å². The summed E-state index contributed by atoms with van der Waals surface area (Å²) in [5.74, 6) is 1.71. The molecule has 1 aromatic heterocycles. The van der Waals surface area contributed by atoms with Gasteiger partial charge in [0, 0.05) is 36.6 Å². The van der Waals surface area contributed by atoms with E-state index in [0.717, 1.165) is 50.5 Å². The third-order valence-corrected chi connectivity index (χ3v) is 5.99. The number of carbonyl (C=O) groups is 1. The Bertz CT molecular complexity index is 1070. The number of nitrogens with zero attached hydrogens (tertiary/aromatic N) is 4. The third-order valence-electron chi connectivity index (χ3n) is 5.75. The molecule has 1 aliphatic rings. The van der Waals surface area contributed by atoms with Gasteiger partial charge in [0.2, 0.25) is 0 Å². The summed E-state index contributed by atoms with van der Waals surface area (Å²) >= 11 is 6.21. The molecular formula is C26H31ClN4O2. The van der Waals surface area contributed by atoms with Gasteiger partial charge in [0.1, 0.15) is 11.6 Å². The first kappa shape index (κ1) is 23.6. The normalized spacial score (nSPS) is 14.7. The Balaban J connectivity index is 1.54. The standard InChI is InChI=1S/C26H31ClN4O2/c1-19(2)16-24(32)18-25-28-26(29-31(25)23-5-3-4-22(27)17-23)21-8-6-20(7-9-21)10-11-30-12-14-33-15-13-30/h3-9,17,19H,10-16,18H2,1-2H3. The van der Waals surface area contributed by atoms with Crippen molar-refractivity contribution in [3.05, 3.63) is 64.9 Å². The lowest BCUT2D eigenvalue weighted by atomic mass is 10.1. The molecule has 0 amide bonds. The Morgan fingerprint density at radius 3 is 2.58 bits per heavy atom. The smallest absolute Gasteiger partial charge is 0.181 e.